The Labute approximate surface area is 209 Å². The van der Waals surface area contributed by atoms with Gasteiger partial charge < -0.3 is 11.8 Å². The van der Waals surface area contributed by atoms with E-state index in [1.54, 1.807) is 0 Å². The van der Waals surface area contributed by atoms with Crippen LogP contribution in [0.3, 0.4) is 0 Å². The summed E-state index contributed by atoms with van der Waals surface area (Å²) < 4.78 is 22.2. The average molecular weight is 552 g/mol. The zero-order valence-corrected chi connectivity index (χ0v) is 23.5. The fourth-order valence-corrected chi connectivity index (χ4v) is 3.53. The van der Waals surface area contributed by atoms with E-state index in [0.717, 1.165) is 57.8 Å². The maximum atomic E-state index is 11.9. The first-order valence-corrected chi connectivity index (χ1v) is 12.8. The molecular weight excluding hydrogens is 503 g/mol. The monoisotopic (exact) mass is 549 g/mol. The Morgan fingerprint density at radius 1 is 0.786 bits per heavy atom. The van der Waals surface area contributed by atoms with Gasteiger partial charge in [0.2, 0.25) is 0 Å². The van der Waals surface area contributed by atoms with Crippen LogP contribution in [0, 0.1) is 59.6 Å². The third kappa shape index (κ3) is 23.7. The summed E-state index contributed by atoms with van der Waals surface area (Å²) in [6.07, 6.45) is 13.6. The Hall–Kier alpha value is 1.46. The first kappa shape index (κ1) is 34.1. The van der Waals surface area contributed by atoms with Crippen molar-refractivity contribution in [1.29, 1.82) is 0 Å². The number of rotatable bonds is 17. The van der Waals surface area contributed by atoms with E-state index in [4.69, 9.17) is 9.05 Å². The standard InChI is InChI=1S/C16H35O4P.C6H13.Nd/c1-5-9-11-15(7-3)13-19-21(17,18)20-14-16(8-4)12-10-6-2;1-3-5-6-4-2;/h15-16H,5-14H2,1-4H3,(H,17,18);1,3-6H2,2H3;/q;-1;. The van der Waals surface area contributed by atoms with E-state index in [0.29, 0.717) is 25.0 Å². The van der Waals surface area contributed by atoms with Gasteiger partial charge in [0.1, 0.15) is 0 Å². The molecule has 0 spiro atoms. The van der Waals surface area contributed by atoms with Gasteiger partial charge in [0.05, 0.1) is 13.2 Å². The minimum Gasteiger partial charge on any atom is -0.343 e. The van der Waals surface area contributed by atoms with E-state index in [-0.39, 0.29) is 40.8 Å². The van der Waals surface area contributed by atoms with Crippen molar-refractivity contribution < 1.29 is 59.3 Å². The molecule has 0 aliphatic heterocycles. The Bertz CT molecular complexity index is 314. The van der Waals surface area contributed by atoms with Crippen molar-refractivity contribution in [3.8, 4) is 0 Å². The van der Waals surface area contributed by atoms with Gasteiger partial charge in [-0.15, -0.1) is 0 Å². The van der Waals surface area contributed by atoms with Crippen molar-refractivity contribution >= 4 is 7.82 Å². The summed E-state index contributed by atoms with van der Waals surface area (Å²) in [4.78, 5) is 9.77. The molecule has 0 bridgehead atoms. The fraction of sp³-hybridized carbons (Fsp3) is 0.955. The van der Waals surface area contributed by atoms with Gasteiger partial charge in [-0.3, -0.25) is 9.05 Å². The van der Waals surface area contributed by atoms with Crippen LogP contribution in [0.15, 0.2) is 0 Å². The normalized spacial score (nSPS) is 15.0. The second-order valence-electron chi connectivity index (χ2n) is 7.45. The van der Waals surface area contributed by atoms with Crippen LogP contribution in [0.2, 0.25) is 0 Å². The molecule has 4 nitrogen and oxygen atoms in total. The third-order valence-corrected chi connectivity index (χ3v) is 5.84. The van der Waals surface area contributed by atoms with Crippen LogP contribution in [-0.2, 0) is 13.6 Å². The van der Waals surface area contributed by atoms with Crippen LogP contribution in [0.4, 0.5) is 0 Å². The third-order valence-electron chi connectivity index (χ3n) is 4.89. The second-order valence-corrected chi connectivity index (χ2v) is 8.91. The van der Waals surface area contributed by atoms with Gasteiger partial charge in [0, 0.05) is 40.8 Å². The van der Waals surface area contributed by atoms with Crippen LogP contribution < -0.4 is 0 Å². The van der Waals surface area contributed by atoms with E-state index < -0.39 is 7.82 Å². The zero-order valence-electron chi connectivity index (χ0n) is 19.4. The van der Waals surface area contributed by atoms with Crippen molar-refractivity contribution in [2.75, 3.05) is 13.2 Å². The SMILES string of the molecule is CCCCC(CC)COP(=O)(O)OCC(CC)CCCC.[CH2-]CCCCC.[Nd]. The van der Waals surface area contributed by atoms with Gasteiger partial charge in [0.15, 0.2) is 0 Å². The molecule has 0 fully saturated rings. The predicted octanol–water partition coefficient (Wildman–Crippen LogP) is 7.95. The summed E-state index contributed by atoms with van der Waals surface area (Å²) in [5.41, 5.74) is 0. The summed E-state index contributed by atoms with van der Waals surface area (Å²) in [5, 5.41) is 0. The van der Waals surface area contributed by atoms with E-state index in [2.05, 4.69) is 41.5 Å². The van der Waals surface area contributed by atoms with Gasteiger partial charge in [-0.2, -0.15) is 6.42 Å². The molecule has 0 saturated heterocycles. The number of hydrogen-bond acceptors (Lipinski definition) is 3. The minimum atomic E-state index is -3.89. The Morgan fingerprint density at radius 3 is 1.43 bits per heavy atom. The summed E-state index contributed by atoms with van der Waals surface area (Å²) in [7, 11) is -3.89. The molecule has 28 heavy (non-hydrogen) atoms. The number of hydrogen-bond donors (Lipinski definition) is 1. The molecule has 170 valence electrons. The quantitative estimate of drug-likeness (QED) is 0.113. The molecule has 0 radical (unpaired) electrons. The molecule has 0 aliphatic rings. The maximum Gasteiger partial charge on any atom is 0.472 e. The van der Waals surface area contributed by atoms with Gasteiger partial charge in [-0.05, 0) is 24.7 Å². The molecule has 6 heteroatoms. The molecule has 2 unspecified atom stereocenters. The van der Waals surface area contributed by atoms with Crippen molar-refractivity contribution in [1.82, 2.24) is 0 Å². The fourth-order valence-electron chi connectivity index (χ4n) is 2.66. The van der Waals surface area contributed by atoms with Crippen molar-refractivity contribution in [2.24, 2.45) is 11.8 Å². The van der Waals surface area contributed by atoms with Gasteiger partial charge >= 0.3 is 7.82 Å². The van der Waals surface area contributed by atoms with Crippen LogP contribution in [0.25, 0.3) is 0 Å². The predicted molar refractivity (Wildman–Crippen MR) is 118 cm³/mol. The van der Waals surface area contributed by atoms with E-state index in [1.165, 1.54) is 19.3 Å². The first-order chi connectivity index (χ1) is 12.9. The molecule has 0 aliphatic carbocycles. The van der Waals surface area contributed by atoms with Crippen LogP contribution in [-0.4, -0.2) is 18.1 Å². The Balaban J connectivity index is -0.000000771. The number of phosphoric acid groups is 1. The molecule has 0 saturated carbocycles. The van der Waals surface area contributed by atoms with E-state index in [1.807, 2.05) is 0 Å². The minimum absolute atomic E-state index is 0. The summed E-state index contributed by atoms with van der Waals surface area (Å²) in [6, 6.07) is 0. The maximum absolute atomic E-state index is 11.9. The zero-order chi connectivity index (χ0) is 21.0. The first-order valence-electron chi connectivity index (χ1n) is 11.3. The summed E-state index contributed by atoms with van der Waals surface area (Å²) in [5.74, 6) is 0.687. The summed E-state index contributed by atoms with van der Waals surface area (Å²) >= 11 is 0. The van der Waals surface area contributed by atoms with Crippen molar-refractivity contribution in [3.05, 3.63) is 6.92 Å². The molecule has 1 N–H and O–H groups in total. The van der Waals surface area contributed by atoms with Crippen LogP contribution in [0.1, 0.15) is 112 Å². The summed E-state index contributed by atoms with van der Waals surface area (Å²) in [6.45, 7) is 15.0. The average Bonchev–Trinajstić information content (AvgIpc) is 2.67. The smallest absolute Gasteiger partial charge is 0.343 e. The Kier molecular flexibility index (Phi) is 30.1. The molecule has 0 aromatic carbocycles. The van der Waals surface area contributed by atoms with Gasteiger partial charge in [-0.25, -0.2) is 4.57 Å². The largest absolute Gasteiger partial charge is 0.472 e. The van der Waals surface area contributed by atoms with Gasteiger partial charge in [-0.1, -0.05) is 92.4 Å². The molecule has 2 atom stereocenters. The van der Waals surface area contributed by atoms with Gasteiger partial charge in [0.25, 0.3) is 0 Å². The molecule has 0 aromatic rings. The molecular formula is C22H48NdO4P-. The second kappa shape index (κ2) is 24.7. The van der Waals surface area contributed by atoms with E-state index >= 15 is 0 Å². The molecule has 0 heterocycles. The number of unbranched alkanes of at least 4 members (excludes halogenated alkanes) is 5. The van der Waals surface area contributed by atoms with Crippen LogP contribution >= 0.6 is 7.82 Å². The molecule has 0 rings (SSSR count). The molecule has 0 amide bonds. The van der Waals surface area contributed by atoms with Crippen molar-refractivity contribution in [3.63, 3.8) is 0 Å². The topological polar surface area (TPSA) is 55.8 Å². The Morgan fingerprint density at radius 2 is 1.18 bits per heavy atom. The van der Waals surface area contributed by atoms with E-state index in [9.17, 15) is 9.46 Å². The number of phosphoric ester groups is 1. The molecule has 0 aromatic heterocycles. The van der Waals surface area contributed by atoms with Crippen LogP contribution in [0.5, 0.6) is 0 Å². The van der Waals surface area contributed by atoms with Crippen molar-refractivity contribution in [2.45, 2.75) is 112 Å².